The number of imidazole rings is 1. The van der Waals surface area contributed by atoms with Crippen LogP contribution in [0.3, 0.4) is 0 Å². The van der Waals surface area contributed by atoms with Gasteiger partial charge in [-0.15, -0.1) is 0 Å². The van der Waals surface area contributed by atoms with Gasteiger partial charge in [0.25, 0.3) is 0 Å². The maximum atomic E-state index is 12.6. The lowest BCUT2D eigenvalue weighted by Gasteiger charge is -2.23. The number of aromatic nitrogens is 5. The number of hydrogen-bond donors (Lipinski definition) is 3. The standard InChI is InChI=1S/C13H14N6O3S/c20-13-16-9-4-3-8(6-11(9)17-13)23(21,22)18-10-2-1-5-19-12(10)14-7-15-19/h3-4,6-7,10,18H,1-2,5H2,(H2,16,17,20)/t10-/m0/s1. The highest BCUT2D eigenvalue weighted by Gasteiger charge is 2.27. The molecule has 23 heavy (non-hydrogen) atoms. The van der Waals surface area contributed by atoms with Crippen LogP contribution in [0.15, 0.2) is 34.2 Å². The minimum Gasteiger partial charge on any atom is -0.306 e. The summed E-state index contributed by atoms with van der Waals surface area (Å²) >= 11 is 0. The molecule has 0 spiro atoms. The number of aromatic amines is 2. The van der Waals surface area contributed by atoms with Crippen molar-refractivity contribution in [1.29, 1.82) is 0 Å². The van der Waals surface area contributed by atoms with Crippen molar-refractivity contribution in [3.63, 3.8) is 0 Å². The first-order valence-corrected chi connectivity index (χ1v) is 8.63. The molecule has 0 bridgehead atoms. The number of nitrogens with zero attached hydrogens (tertiary/aromatic N) is 3. The summed E-state index contributed by atoms with van der Waals surface area (Å²) in [5.41, 5.74) is 0.638. The Kier molecular flexibility index (Phi) is 3.10. The molecule has 0 aliphatic carbocycles. The number of sulfonamides is 1. The van der Waals surface area contributed by atoms with E-state index < -0.39 is 16.1 Å². The Morgan fingerprint density at radius 2 is 2.09 bits per heavy atom. The molecular weight excluding hydrogens is 320 g/mol. The first kappa shape index (κ1) is 14.2. The quantitative estimate of drug-likeness (QED) is 0.633. The zero-order chi connectivity index (χ0) is 16.0. The lowest BCUT2D eigenvalue weighted by atomic mass is 10.1. The van der Waals surface area contributed by atoms with Crippen molar-refractivity contribution < 1.29 is 8.42 Å². The molecule has 1 aliphatic heterocycles. The molecule has 0 radical (unpaired) electrons. The molecule has 0 amide bonds. The predicted molar refractivity (Wildman–Crippen MR) is 81.2 cm³/mol. The van der Waals surface area contributed by atoms with E-state index in [2.05, 4.69) is 24.8 Å². The topological polar surface area (TPSA) is 126 Å². The largest absolute Gasteiger partial charge is 0.323 e. The third kappa shape index (κ3) is 2.45. The van der Waals surface area contributed by atoms with Crippen LogP contribution in [-0.2, 0) is 16.6 Å². The van der Waals surface area contributed by atoms with Crippen molar-refractivity contribution in [2.75, 3.05) is 0 Å². The number of rotatable bonds is 3. The van der Waals surface area contributed by atoms with Crippen molar-refractivity contribution in [3.05, 3.63) is 40.8 Å². The van der Waals surface area contributed by atoms with Crippen LogP contribution < -0.4 is 10.4 Å². The number of H-pyrrole nitrogens is 2. The highest BCUT2D eigenvalue weighted by molar-refractivity contribution is 7.89. The van der Waals surface area contributed by atoms with E-state index in [9.17, 15) is 13.2 Å². The Balaban J connectivity index is 1.69. The van der Waals surface area contributed by atoms with E-state index in [4.69, 9.17) is 0 Å². The van der Waals surface area contributed by atoms with E-state index in [0.717, 1.165) is 13.0 Å². The van der Waals surface area contributed by atoms with Crippen LogP contribution in [0.5, 0.6) is 0 Å². The average molecular weight is 334 g/mol. The molecule has 0 unspecified atom stereocenters. The molecule has 4 rings (SSSR count). The minimum atomic E-state index is -3.73. The van der Waals surface area contributed by atoms with Crippen LogP contribution in [-0.4, -0.2) is 33.2 Å². The molecule has 0 saturated carbocycles. The second-order valence-corrected chi connectivity index (χ2v) is 7.16. The summed E-state index contributed by atoms with van der Waals surface area (Å²) in [6, 6.07) is 4.05. The van der Waals surface area contributed by atoms with Crippen LogP contribution in [0.2, 0.25) is 0 Å². The van der Waals surface area contributed by atoms with Gasteiger partial charge < -0.3 is 9.97 Å². The zero-order valence-electron chi connectivity index (χ0n) is 12.0. The molecule has 2 aromatic heterocycles. The van der Waals surface area contributed by atoms with Crippen LogP contribution in [0.1, 0.15) is 24.7 Å². The van der Waals surface area contributed by atoms with E-state index in [1.807, 2.05) is 0 Å². The monoisotopic (exact) mass is 334 g/mol. The van der Waals surface area contributed by atoms with E-state index in [1.165, 1.54) is 18.5 Å². The number of benzene rings is 1. The van der Waals surface area contributed by atoms with Crippen LogP contribution in [0.4, 0.5) is 0 Å². The first-order chi connectivity index (χ1) is 11.0. The van der Waals surface area contributed by atoms with Crippen LogP contribution in [0.25, 0.3) is 11.0 Å². The van der Waals surface area contributed by atoms with Gasteiger partial charge in [-0.2, -0.15) is 5.10 Å². The summed E-state index contributed by atoms with van der Waals surface area (Å²) in [6.07, 6.45) is 2.92. The molecular formula is C13H14N6O3S. The maximum Gasteiger partial charge on any atom is 0.323 e. The van der Waals surface area contributed by atoms with Crippen molar-refractivity contribution >= 4 is 21.1 Å². The van der Waals surface area contributed by atoms with Crippen molar-refractivity contribution in [1.82, 2.24) is 29.5 Å². The molecule has 120 valence electrons. The number of aryl methyl sites for hydroxylation is 1. The molecule has 3 aromatic rings. The Labute approximate surface area is 130 Å². The fourth-order valence-corrected chi connectivity index (χ4v) is 4.09. The predicted octanol–water partition coefficient (Wildman–Crippen LogP) is 0.261. The fourth-order valence-electron chi connectivity index (χ4n) is 2.84. The smallest absolute Gasteiger partial charge is 0.306 e. The summed E-state index contributed by atoms with van der Waals surface area (Å²) in [6.45, 7) is 0.740. The average Bonchev–Trinajstić information content (AvgIpc) is 3.11. The van der Waals surface area contributed by atoms with Crippen LogP contribution in [0, 0.1) is 0 Å². The van der Waals surface area contributed by atoms with Crippen LogP contribution >= 0.6 is 0 Å². The van der Waals surface area contributed by atoms with Gasteiger partial charge in [0.15, 0.2) is 0 Å². The molecule has 10 heteroatoms. The molecule has 1 atom stereocenters. The summed E-state index contributed by atoms with van der Waals surface area (Å²) in [7, 11) is -3.73. The van der Waals surface area contributed by atoms with Gasteiger partial charge in [-0.25, -0.2) is 27.6 Å². The van der Waals surface area contributed by atoms with Gasteiger partial charge >= 0.3 is 5.69 Å². The Bertz CT molecular complexity index is 1030. The van der Waals surface area contributed by atoms with Gasteiger partial charge in [-0.1, -0.05) is 0 Å². The minimum absolute atomic E-state index is 0.0943. The fraction of sp³-hybridized carbons (Fsp3) is 0.308. The molecule has 0 saturated heterocycles. The van der Waals surface area contributed by atoms with Crippen molar-refractivity contribution in [2.24, 2.45) is 0 Å². The number of nitrogens with one attached hydrogen (secondary N) is 3. The van der Waals surface area contributed by atoms with Gasteiger partial charge in [-0.05, 0) is 31.0 Å². The highest BCUT2D eigenvalue weighted by Crippen LogP contribution is 2.25. The Morgan fingerprint density at radius 3 is 2.96 bits per heavy atom. The third-order valence-corrected chi connectivity index (χ3v) is 5.38. The third-order valence-electron chi connectivity index (χ3n) is 3.92. The van der Waals surface area contributed by atoms with Gasteiger partial charge in [-0.3, -0.25) is 0 Å². The van der Waals surface area contributed by atoms with E-state index in [-0.39, 0.29) is 10.6 Å². The first-order valence-electron chi connectivity index (χ1n) is 7.15. The normalized spacial score (nSPS) is 18.2. The highest BCUT2D eigenvalue weighted by atomic mass is 32.2. The lowest BCUT2D eigenvalue weighted by Crippen LogP contribution is -2.33. The van der Waals surface area contributed by atoms with Crippen molar-refractivity contribution in [3.8, 4) is 0 Å². The second kappa shape index (κ2) is 5.03. The second-order valence-electron chi connectivity index (χ2n) is 5.44. The van der Waals surface area contributed by atoms with E-state index >= 15 is 0 Å². The summed E-state index contributed by atoms with van der Waals surface area (Å²) in [4.78, 5) is 20.7. The molecule has 0 fully saturated rings. The molecule has 3 N–H and O–H groups in total. The Hall–Kier alpha value is -2.46. The summed E-state index contributed by atoms with van der Waals surface area (Å²) in [5, 5.41) is 4.08. The van der Waals surface area contributed by atoms with Gasteiger partial charge in [0, 0.05) is 6.54 Å². The van der Waals surface area contributed by atoms with Gasteiger partial charge in [0.2, 0.25) is 10.0 Å². The van der Waals surface area contributed by atoms with Gasteiger partial charge in [0.1, 0.15) is 12.2 Å². The number of fused-ring (bicyclic) bond motifs is 2. The summed E-state index contributed by atoms with van der Waals surface area (Å²) in [5.74, 6) is 0.621. The van der Waals surface area contributed by atoms with E-state index in [1.54, 1.807) is 10.7 Å². The van der Waals surface area contributed by atoms with E-state index in [0.29, 0.717) is 23.3 Å². The van der Waals surface area contributed by atoms with Crippen molar-refractivity contribution in [2.45, 2.75) is 30.3 Å². The SMILES string of the molecule is O=c1[nH]c2ccc(S(=O)(=O)N[C@H]3CCCn4ncnc43)cc2[nH]1. The maximum absolute atomic E-state index is 12.6. The molecule has 9 nitrogen and oxygen atoms in total. The lowest BCUT2D eigenvalue weighted by molar-refractivity contribution is 0.400. The summed E-state index contributed by atoms with van der Waals surface area (Å²) < 4.78 is 29.6. The Morgan fingerprint density at radius 1 is 1.26 bits per heavy atom. The number of hydrogen-bond acceptors (Lipinski definition) is 5. The zero-order valence-corrected chi connectivity index (χ0v) is 12.8. The molecule has 1 aliphatic rings. The molecule has 3 heterocycles. The van der Waals surface area contributed by atoms with Gasteiger partial charge in [0.05, 0.1) is 22.0 Å². The molecule has 1 aromatic carbocycles.